The maximum atomic E-state index is 4.08. The van der Waals surface area contributed by atoms with Gasteiger partial charge in [0.25, 0.3) is 0 Å². The summed E-state index contributed by atoms with van der Waals surface area (Å²) in [7, 11) is 6.08. The van der Waals surface area contributed by atoms with E-state index in [9.17, 15) is 0 Å². The van der Waals surface area contributed by atoms with Crippen molar-refractivity contribution in [1.82, 2.24) is 14.5 Å². The Morgan fingerprint density at radius 1 is 1.50 bits per heavy atom. The second-order valence-corrected chi connectivity index (χ2v) is 5.01. The molecule has 1 aromatic heterocycles. The molecule has 0 aliphatic heterocycles. The van der Waals surface area contributed by atoms with Gasteiger partial charge >= 0.3 is 0 Å². The number of nitrogens with zero attached hydrogens (tertiary/aromatic N) is 3. The molecule has 4 nitrogen and oxygen atoms in total. The number of aromatic nitrogens is 2. The first-order valence-electron chi connectivity index (χ1n) is 4.45. The fraction of sp³-hybridized carbons (Fsp3) is 0.750. The molecule has 1 N–H and O–H groups in total. The first-order chi connectivity index (χ1) is 6.74. The van der Waals surface area contributed by atoms with Crippen LogP contribution in [0.3, 0.4) is 0 Å². The molecule has 80 valence electrons. The fourth-order valence-electron chi connectivity index (χ4n) is 0.909. The lowest BCUT2D eigenvalue weighted by Gasteiger charge is -2.07. The van der Waals surface area contributed by atoms with E-state index in [1.54, 1.807) is 0 Å². The van der Waals surface area contributed by atoms with Gasteiger partial charge in [-0.25, -0.2) is 0 Å². The molecule has 1 rings (SSSR count). The highest BCUT2D eigenvalue weighted by Gasteiger charge is 2.05. The van der Waals surface area contributed by atoms with E-state index in [-0.39, 0.29) is 0 Å². The predicted molar refractivity (Wildman–Crippen MR) is 64.2 cm³/mol. The lowest BCUT2D eigenvalue weighted by molar-refractivity contribution is 0.437. The summed E-state index contributed by atoms with van der Waals surface area (Å²) in [5, 5.41) is 8.26. The summed E-state index contributed by atoms with van der Waals surface area (Å²) in [5.74, 6) is 2.08. The van der Waals surface area contributed by atoms with Gasteiger partial charge in [0.15, 0.2) is 0 Å². The van der Waals surface area contributed by atoms with Crippen molar-refractivity contribution in [1.29, 1.82) is 0 Å². The highest BCUT2D eigenvalue weighted by atomic mass is 32.2. The van der Waals surface area contributed by atoms with E-state index in [1.165, 1.54) is 11.5 Å². The predicted octanol–water partition coefficient (Wildman–Crippen LogP) is 1.37. The van der Waals surface area contributed by atoms with Gasteiger partial charge in [0, 0.05) is 36.6 Å². The van der Waals surface area contributed by atoms with Crippen molar-refractivity contribution in [2.75, 3.05) is 38.8 Å². The van der Waals surface area contributed by atoms with Crippen molar-refractivity contribution in [2.24, 2.45) is 0 Å². The molecule has 14 heavy (non-hydrogen) atoms. The zero-order chi connectivity index (χ0) is 10.4. The molecule has 0 saturated heterocycles. The lowest BCUT2D eigenvalue weighted by atomic mass is 10.5. The number of hydrogen-bond acceptors (Lipinski definition) is 6. The summed E-state index contributed by atoms with van der Waals surface area (Å²) in [4.78, 5) is 2.19. The van der Waals surface area contributed by atoms with Crippen LogP contribution in [0.25, 0.3) is 0 Å². The van der Waals surface area contributed by atoms with Gasteiger partial charge in [-0.05, 0) is 14.1 Å². The molecule has 0 unspecified atom stereocenters. The highest BCUT2D eigenvalue weighted by molar-refractivity contribution is 7.98. The Bertz CT molecular complexity index is 262. The molecule has 0 fully saturated rings. The van der Waals surface area contributed by atoms with Gasteiger partial charge in [0.2, 0.25) is 0 Å². The van der Waals surface area contributed by atoms with Gasteiger partial charge < -0.3 is 10.2 Å². The van der Waals surface area contributed by atoms with Crippen molar-refractivity contribution in [2.45, 2.75) is 5.75 Å². The van der Waals surface area contributed by atoms with Gasteiger partial charge in [0.1, 0.15) is 10.7 Å². The zero-order valence-electron chi connectivity index (χ0n) is 8.78. The summed E-state index contributed by atoms with van der Waals surface area (Å²) in [6.07, 6.45) is 0. The van der Waals surface area contributed by atoms with Crippen LogP contribution >= 0.6 is 23.3 Å². The fourth-order valence-corrected chi connectivity index (χ4v) is 2.56. The molecule has 0 amide bonds. The molecule has 6 heteroatoms. The van der Waals surface area contributed by atoms with E-state index in [0.717, 1.165) is 28.7 Å². The van der Waals surface area contributed by atoms with E-state index in [2.05, 4.69) is 33.9 Å². The van der Waals surface area contributed by atoms with Crippen LogP contribution in [0.2, 0.25) is 0 Å². The number of rotatable bonds is 6. The maximum Gasteiger partial charge on any atom is 0.133 e. The van der Waals surface area contributed by atoms with E-state index >= 15 is 0 Å². The largest absolute Gasteiger partial charge is 0.377 e. The number of hydrogen-bond donors (Lipinski definition) is 1. The molecule has 0 atom stereocenters. The molecule has 1 heterocycles. The topological polar surface area (TPSA) is 41.1 Å². The molecule has 1 aromatic rings. The van der Waals surface area contributed by atoms with E-state index < -0.39 is 0 Å². The standard InChI is InChI=1S/C8H16N4S2/c1-9-8-7(10-11-14-8)6-13-5-4-12(2)3/h9H,4-6H2,1-3H3. The van der Waals surface area contributed by atoms with Crippen molar-refractivity contribution in [3.05, 3.63) is 5.69 Å². The summed E-state index contributed by atoms with van der Waals surface area (Å²) < 4.78 is 3.91. The van der Waals surface area contributed by atoms with Crippen LogP contribution in [-0.2, 0) is 5.75 Å². The smallest absolute Gasteiger partial charge is 0.133 e. The zero-order valence-corrected chi connectivity index (χ0v) is 10.4. The molecule has 0 spiro atoms. The quantitative estimate of drug-likeness (QED) is 0.750. The third-order valence-electron chi connectivity index (χ3n) is 1.70. The Morgan fingerprint density at radius 2 is 2.29 bits per heavy atom. The van der Waals surface area contributed by atoms with Gasteiger partial charge in [-0.15, -0.1) is 5.10 Å². The van der Waals surface area contributed by atoms with E-state index in [1.807, 2.05) is 18.8 Å². The Morgan fingerprint density at radius 3 is 2.93 bits per heavy atom. The molecular formula is C8H16N4S2. The SMILES string of the molecule is CNc1snnc1CSCCN(C)C. The molecule has 0 bridgehead atoms. The summed E-state index contributed by atoms with van der Waals surface area (Å²) >= 11 is 3.31. The Labute approximate surface area is 93.2 Å². The number of nitrogens with one attached hydrogen (secondary N) is 1. The normalized spacial score (nSPS) is 10.9. The molecule has 0 aliphatic rings. The minimum atomic E-state index is 0.945. The average Bonchev–Trinajstić information content (AvgIpc) is 2.59. The Hall–Kier alpha value is -0.330. The Kier molecular flexibility index (Phi) is 5.21. The first kappa shape index (κ1) is 11.7. The minimum Gasteiger partial charge on any atom is -0.377 e. The van der Waals surface area contributed by atoms with Crippen LogP contribution in [-0.4, -0.2) is 47.9 Å². The van der Waals surface area contributed by atoms with Gasteiger partial charge in [-0.1, -0.05) is 4.49 Å². The maximum absolute atomic E-state index is 4.08. The lowest BCUT2D eigenvalue weighted by Crippen LogP contribution is -2.14. The third kappa shape index (κ3) is 3.81. The van der Waals surface area contributed by atoms with Crippen LogP contribution in [0.5, 0.6) is 0 Å². The van der Waals surface area contributed by atoms with Crippen LogP contribution in [0, 0.1) is 0 Å². The Balaban J connectivity index is 2.24. The monoisotopic (exact) mass is 232 g/mol. The molecule has 0 saturated carbocycles. The van der Waals surface area contributed by atoms with E-state index in [0.29, 0.717) is 0 Å². The first-order valence-corrected chi connectivity index (χ1v) is 6.38. The summed E-state index contributed by atoms with van der Waals surface area (Å²) in [6, 6.07) is 0. The van der Waals surface area contributed by atoms with Crippen LogP contribution in [0.15, 0.2) is 0 Å². The van der Waals surface area contributed by atoms with Crippen molar-refractivity contribution >= 4 is 28.3 Å². The number of anilines is 1. The minimum absolute atomic E-state index is 0.945. The highest BCUT2D eigenvalue weighted by Crippen LogP contribution is 2.21. The van der Waals surface area contributed by atoms with Crippen LogP contribution in [0.1, 0.15) is 5.69 Å². The molecule has 0 aliphatic carbocycles. The van der Waals surface area contributed by atoms with E-state index in [4.69, 9.17) is 0 Å². The van der Waals surface area contributed by atoms with Crippen molar-refractivity contribution < 1.29 is 0 Å². The molecular weight excluding hydrogens is 216 g/mol. The molecule has 0 radical (unpaired) electrons. The average molecular weight is 232 g/mol. The van der Waals surface area contributed by atoms with Crippen molar-refractivity contribution in [3.63, 3.8) is 0 Å². The van der Waals surface area contributed by atoms with Gasteiger partial charge in [0.05, 0.1) is 0 Å². The molecule has 0 aromatic carbocycles. The summed E-state index contributed by atoms with van der Waals surface area (Å²) in [6.45, 7) is 1.11. The van der Waals surface area contributed by atoms with Crippen LogP contribution < -0.4 is 5.32 Å². The second kappa shape index (κ2) is 6.21. The van der Waals surface area contributed by atoms with Crippen LogP contribution in [0.4, 0.5) is 5.00 Å². The second-order valence-electron chi connectivity index (χ2n) is 3.15. The third-order valence-corrected chi connectivity index (χ3v) is 3.44. The number of thioether (sulfide) groups is 1. The van der Waals surface area contributed by atoms with Crippen molar-refractivity contribution in [3.8, 4) is 0 Å². The van der Waals surface area contributed by atoms with Gasteiger partial charge in [-0.2, -0.15) is 11.8 Å². The summed E-state index contributed by atoms with van der Waals surface area (Å²) in [5.41, 5.74) is 1.07. The van der Waals surface area contributed by atoms with Gasteiger partial charge in [-0.3, -0.25) is 0 Å².